The summed E-state index contributed by atoms with van der Waals surface area (Å²) in [6.07, 6.45) is 0. The van der Waals surface area contributed by atoms with E-state index >= 15 is 0 Å². The number of aromatic nitrogens is 2. The molecule has 0 amide bonds. The van der Waals surface area contributed by atoms with Crippen molar-refractivity contribution in [2.24, 2.45) is 0 Å². The molecule has 59 heavy (non-hydrogen) atoms. The topological polar surface area (TPSA) is 31.0 Å². The lowest BCUT2D eigenvalue weighted by atomic mass is 9.63. The monoisotopic (exact) mass is 750 g/mol. The number of allylic oxidation sites excluding steroid dienone is 4. The third-order valence-corrected chi connectivity index (χ3v) is 12.4. The third kappa shape index (κ3) is 6.01. The van der Waals surface area contributed by atoms with Crippen molar-refractivity contribution in [3.8, 4) is 44.8 Å². The number of imidazole rings is 1. The van der Waals surface area contributed by atoms with E-state index in [0.717, 1.165) is 61.0 Å². The largest absolute Gasteiger partial charge is 0.456 e. The summed E-state index contributed by atoms with van der Waals surface area (Å²) in [5.41, 5.74) is 17.9. The van der Waals surface area contributed by atoms with Gasteiger partial charge in [-0.3, -0.25) is 0 Å². The van der Waals surface area contributed by atoms with Gasteiger partial charge in [0.05, 0.1) is 11.0 Å². The van der Waals surface area contributed by atoms with E-state index in [1.807, 2.05) is 6.07 Å². The van der Waals surface area contributed by atoms with Gasteiger partial charge in [0.25, 0.3) is 0 Å². The van der Waals surface area contributed by atoms with E-state index in [9.17, 15) is 0 Å². The zero-order chi connectivity index (χ0) is 40.4. The molecule has 0 atom stereocenters. The summed E-state index contributed by atoms with van der Waals surface area (Å²) in [7, 11) is 10.8. The third-order valence-electron chi connectivity index (χ3n) is 12.4. The fourth-order valence-corrected chi connectivity index (χ4v) is 8.96. The predicted molar refractivity (Wildman–Crippen MR) is 266 cm³/mol. The lowest BCUT2D eigenvalue weighted by Gasteiger charge is -2.20. The van der Waals surface area contributed by atoms with E-state index in [4.69, 9.17) is 9.40 Å². The maximum atomic E-state index is 6.44. The first-order chi connectivity index (χ1) is 28.8. The van der Waals surface area contributed by atoms with Crippen LogP contribution >= 0.6 is 0 Å². The Morgan fingerprint density at radius 2 is 1.08 bits per heavy atom. The number of rotatable bonds is 7. The summed E-state index contributed by atoms with van der Waals surface area (Å²) in [4.78, 5) is 5.24. The van der Waals surface area contributed by atoms with Crippen LogP contribution in [0.3, 0.4) is 0 Å². The second-order valence-corrected chi connectivity index (χ2v) is 15.8. The van der Waals surface area contributed by atoms with Crippen LogP contribution in [0.5, 0.6) is 0 Å². The smallest absolute Gasteiger partial charge is 0.160 e. The standard InChI is InChI=1S/C51H39B5N2O/c1-29(52)47(53)48(54)49(55)50(56)58-41-19-9-8-18-40(41)57-51(58)32-24-22-31(23-25-32)44-34-14-5-6-15-35(34)45(39-28-33(26-27-36(39)44)30-12-3-2-4-13-30)38-17-11-21-43-46(38)37-16-7-10-20-42(37)59-43/h2-28H,1,52-56H2/b48-47-,50-49-. The molecule has 8 heteroatoms. The van der Waals surface area contributed by atoms with E-state index in [2.05, 4.69) is 208 Å². The van der Waals surface area contributed by atoms with E-state index in [-0.39, 0.29) is 0 Å². The maximum Gasteiger partial charge on any atom is 0.160 e. The van der Waals surface area contributed by atoms with Gasteiger partial charge in [-0.25, -0.2) is 4.98 Å². The van der Waals surface area contributed by atoms with Crippen LogP contribution in [0, 0.1) is 0 Å². The Hall–Kier alpha value is -6.91. The van der Waals surface area contributed by atoms with Crippen LogP contribution in [0.15, 0.2) is 197 Å². The molecular weight excluding hydrogens is 711 g/mol. The maximum absolute atomic E-state index is 6.44. The molecule has 2 aromatic heterocycles. The fraction of sp³-hybridized carbons (Fsp3) is 0. The number of para-hydroxylation sites is 3. The Bertz CT molecular complexity index is 3400. The molecule has 0 unspecified atom stereocenters. The van der Waals surface area contributed by atoms with Crippen LogP contribution < -0.4 is 0 Å². The average molecular weight is 750 g/mol. The van der Waals surface area contributed by atoms with Crippen molar-refractivity contribution >= 4 is 99.3 Å². The molecule has 0 saturated heterocycles. The minimum absolute atomic E-state index is 0.892. The molecule has 0 aliphatic carbocycles. The molecular formula is C51H39B5N2O. The van der Waals surface area contributed by atoms with Crippen molar-refractivity contribution in [1.82, 2.24) is 9.55 Å². The van der Waals surface area contributed by atoms with Crippen LogP contribution in [0.2, 0.25) is 0 Å². The van der Waals surface area contributed by atoms with Gasteiger partial charge >= 0.3 is 0 Å². The zero-order valence-corrected chi connectivity index (χ0v) is 34.1. The molecule has 0 aliphatic heterocycles. The molecule has 3 nitrogen and oxygen atoms in total. The molecule has 8 aromatic carbocycles. The number of furan rings is 1. The predicted octanol–water partition coefficient (Wildman–Crippen LogP) is 8.93. The van der Waals surface area contributed by atoms with Crippen LogP contribution in [0.1, 0.15) is 0 Å². The Kier molecular flexibility index (Phi) is 8.94. The Morgan fingerprint density at radius 1 is 0.475 bits per heavy atom. The van der Waals surface area contributed by atoms with Crippen LogP contribution in [0.25, 0.3) is 105 Å². The van der Waals surface area contributed by atoms with Crippen molar-refractivity contribution in [2.45, 2.75) is 0 Å². The molecule has 0 aliphatic rings. The first-order valence-corrected chi connectivity index (χ1v) is 20.3. The molecule has 0 bridgehead atoms. The Morgan fingerprint density at radius 3 is 1.85 bits per heavy atom. The van der Waals surface area contributed by atoms with Crippen molar-refractivity contribution in [2.75, 3.05) is 0 Å². The quantitative estimate of drug-likeness (QED) is 0.0927. The normalized spacial score (nSPS) is 12.7. The van der Waals surface area contributed by atoms with Crippen molar-refractivity contribution in [3.05, 3.63) is 192 Å². The number of nitrogens with zero attached hydrogens (tertiary/aromatic N) is 2. The molecule has 0 saturated carbocycles. The van der Waals surface area contributed by atoms with Gasteiger partial charge in [-0.1, -0.05) is 139 Å². The number of fused-ring (bicyclic) bond motifs is 6. The summed E-state index contributed by atoms with van der Waals surface area (Å²) in [6, 6.07) is 58.8. The Labute approximate surface area is 348 Å². The van der Waals surface area contributed by atoms with Crippen LogP contribution in [-0.4, -0.2) is 48.8 Å². The first kappa shape index (κ1) is 36.4. The summed E-state index contributed by atoms with van der Waals surface area (Å²) in [6.45, 7) is 4.22. The summed E-state index contributed by atoms with van der Waals surface area (Å²) in [5, 5.41) is 7.07. The molecule has 0 N–H and O–H groups in total. The average Bonchev–Trinajstić information content (AvgIpc) is 3.86. The summed E-state index contributed by atoms with van der Waals surface area (Å²) in [5.74, 6) is 0.924. The fourth-order valence-electron chi connectivity index (χ4n) is 8.96. The van der Waals surface area contributed by atoms with Gasteiger partial charge in [0.1, 0.15) is 48.4 Å². The molecule has 0 fully saturated rings. The molecule has 0 radical (unpaired) electrons. The number of benzene rings is 8. The zero-order valence-electron chi connectivity index (χ0n) is 34.1. The van der Waals surface area contributed by atoms with Gasteiger partial charge in [0, 0.05) is 16.3 Å². The highest BCUT2D eigenvalue weighted by atomic mass is 16.3. The second kappa shape index (κ2) is 14.5. The molecule has 274 valence electrons. The summed E-state index contributed by atoms with van der Waals surface area (Å²) >= 11 is 0. The SMILES string of the molecule is BC(=C)/C(B)=C(B)\C(B)=C(/B)n1c(-c2ccc(-c3c4ccccc4c(-c4cccc5oc6ccccc6c45)c4cc(-c5ccccc5)ccc34)cc2)nc2ccccc21. The lowest BCUT2D eigenvalue weighted by Crippen LogP contribution is -2.08. The highest BCUT2D eigenvalue weighted by molar-refractivity contribution is 6.52. The highest BCUT2D eigenvalue weighted by Gasteiger charge is 2.22. The lowest BCUT2D eigenvalue weighted by molar-refractivity contribution is 0.669. The molecule has 10 aromatic rings. The van der Waals surface area contributed by atoms with Gasteiger partial charge in [-0.15, -0.1) is 23.0 Å². The molecule has 0 spiro atoms. The molecule has 2 heterocycles. The van der Waals surface area contributed by atoms with E-state index in [1.165, 1.54) is 65.8 Å². The number of hydrogen-bond acceptors (Lipinski definition) is 2. The van der Waals surface area contributed by atoms with Gasteiger partial charge in [0.15, 0.2) is 7.85 Å². The summed E-state index contributed by atoms with van der Waals surface area (Å²) < 4.78 is 8.76. The van der Waals surface area contributed by atoms with Crippen molar-refractivity contribution < 1.29 is 4.42 Å². The van der Waals surface area contributed by atoms with Crippen molar-refractivity contribution in [1.29, 1.82) is 0 Å². The van der Waals surface area contributed by atoms with E-state index in [0.29, 0.717) is 0 Å². The van der Waals surface area contributed by atoms with Crippen molar-refractivity contribution in [3.63, 3.8) is 0 Å². The van der Waals surface area contributed by atoms with Gasteiger partial charge in [0.2, 0.25) is 0 Å². The van der Waals surface area contributed by atoms with Gasteiger partial charge in [-0.2, -0.15) is 0 Å². The number of hydrogen-bond donors (Lipinski definition) is 0. The van der Waals surface area contributed by atoms with E-state index in [1.54, 1.807) is 0 Å². The minimum atomic E-state index is 0.892. The first-order valence-electron chi connectivity index (χ1n) is 20.3. The van der Waals surface area contributed by atoms with Gasteiger partial charge in [-0.05, 0) is 90.9 Å². The molecule has 10 rings (SSSR count). The Balaban J connectivity index is 1.21. The highest BCUT2D eigenvalue weighted by Crippen LogP contribution is 2.48. The van der Waals surface area contributed by atoms with Crippen LogP contribution in [-0.2, 0) is 0 Å². The minimum Gasteiger partial charge on any atom is -0.456 e. The van der Waals surface area contributed by atoms with E-state index < -0.39 is 0 Å². The van der Waals surface area contributed by atoms with Gasteiger partial charge < -0.3 is 8.98 Å². The van der Waals surface area contributed by atoms with Crippen LogP contribution in [0.4, 0.5) is 0 Å². The second-order valence-electron chi connectivity index (χ2n) is 15.8.